The lowest BCUT2D eigenvalue weighted by molar-refractivity contribution is -0.139. The summed E-state index contributed by atoms with van der Waals surface area (Å²) in [5, 5.41) is 13.6. The largest absolute Gasteiger partial charge is 0.389 e. The summed E-state index contributed by atoms with van der Waals surface area (Å²) < 4.78 is 24.8. The number of aliphatic hydroxyl groups excluding tert-OH is 1. The van der Waals surface area contributed by atoms with Crippen LogP contribution in [0.25, 0.3) is 0 Å². The van der Waals surface area contributed by atoms with Crippen molar-refractivity contribution in [3.05, 3.63) is 35.6 Å². The highest BCUT2D eigenvalue weighted by atomic mass is 19.1. The lowest BCUT2D eigenvalue weighted by Crippen LogP contribution is -2.64. The van der Waals surface area contributed by atoms with Crippen molar-refractivity contribution in [3.8, 4) is 0 Å². The lowest BCUT2D eigenvalue weighted by Gasteiger charge is -2.55. The highest BCUT2D eigenvalue weighted by Gasteiger charge is 2.52. The molecule has 1 saturated carbocycles. The Morgan fingerprint density at radius 1 is 1.28 bits per heavy atom. The zero-order valence-electron chi connectivity index (χ0n) is 15.6. The van der Waals surface area contributed by atoms with E-state index in [2.05, 4.69) is 19.2 Å². The van der Waals surface area contributed by atoms with E-state index in [4.69, 9.17) is 9.47 Å². The summed E-state index contributed by atoms with van der Waals surface area (Å²) in [5.41, 5.74) is 0.668. The predicted molar refractivity (Wildman–Crippen MR) is 96.9 cm³/mol. The van der Waals surface area contributed by atoms with Gasteiger partial charge in [0.15, 0.2) is 0 Å². The molecule has 4 nitrogen and oxygen atoms in total. The van der Waals surface area contributed by atoms with Crippen LogP contribution in [0, 0.1) is 11.2 Å². The molecule has 1 aliphatic carbocycles. The summed E-state index contributed by atoms with van der Waals surface area (Å²) in [6.07, 6.45) is 2.80. The molecule has 0 bridgehead atoms. The Labute approximate surface area is 150 Å². The van der Waals surface area contributed by atoms with Crippen molar-refractivity contribution in [1.82, 2.24) is 5.32 Å². The minimum Gasteiger partial charge on any atom is -0.389 e. The highest BCUT2D eigenvalue weighted by Crippen LogP contribution is 2.48. The van der Waals surface area contributed by atoms with Gasteiger partial charge in [0.1, 0.15) is 5.82 Å². The molecule has 3 atom stereocenters. The fourth-order valence-corrected chi connectivity index (χ4v) is 3.92. The van der Waals surface area contributed by atoms with E-state index in [-0.39, 0.29) is 24.4 Å². The van der Waals surface area contributed by atoms with Gasteiger partial charge in [-0.05, 0) is 32.3 Å². The molecule has 0 spiro atoms. The van der Waals surface area contributed by atoms with Gasteiger partial charge in [0.25, 0.3) is 0 Å². The molecule has 0 saturated heterocycles. The highest BCUT2D eigenvalue weighted by molar-refractivity contribution is 5.16. The van der Waals surface area contributed by atoms with E-state index in [0.717, 1.165) is 25.9 Å². The van der Waals surface area contributed by atoms with Crippen LogP contribution >= 0.6 is 0 Å². The van der Waals surface area contributed by atoms with Crippen molar-refractivity contribution in [2.24, 2.45) is 5.41 Å². The molecule has 5 heteroatoms. The fourth-order valence-electron chi connectivity index (χ4n) is 3.92. The molecule has 0 aromatic heterocycles. The average molecular weight is 353 g/mol. The molecule has 1 aromatic carbocycles. The van der Waals surface area contributed by atoms with Crippen molar-refractivity contribution < 1.29 is 19.0 Å². The monoisotopic (exact) mass is 353 g/mol. The second-order valence-electron chi connectivity index (χ2n) is 6.84. The van der Waals surface area contributed by atoms with Gasteiger partial charge in [0.05, 0.1) is 25.4 Å². The number of rotatable bonds is 11. The maximum absolute atomic E-state index is 13.5. The van der Waals surface area contributed by atoms with Crippen molar-refractivity contribution in [2.45, 2.75) is 64.9 Å². The molecule has 25 heavy (non-hydrogen) atoms. The van der Waals surface area contributed by atoms with Crippen molar-refractivity contribution in [3.63, 3.8) is 0 Å². The second kappa shape index (κ2) is 9.62. The van der Waals surface area contributed by atoms with Crippen LogP contribution < -0.4 is 5.32 Å². The number of aliphatic hydroxyl groups is 1. The van der Waals surface area contributed by atoms with Crippen molar-refractivity contribution >= 4 is 0 Å². The Balaban J connectivity index is 1.73. The van der Waals surface area contributed by atoms with E-state index in [0.29, 0.717) is 24.3 Å². The second-order valence-corrected chi connectivity index (χ2v) is 6.84. The molecular formula is C20H32FNO3. The first-order chi connectivity index (χ1) is 12.1. The smallest absolute Gasteiger partial charge is 0.128 e. The van der Waals surface area contributed by atoms with Gasteiger partial charge in [0, 0.05) is 30.2 Å². The predicted octanol–water partition coefficient (Wildman–Crippen LogP) is 3.28. The molecule has 2 rings (SSSR count). The lowest BCUT2D eigenvalue weighted by atomic mass is 9.58. The van der Waals surface area contributed by atoms with Crippen LogP contribution in [0.5, 0.6) is 0 Å². The molecule has 1 aromatic rings. The topological polar surface area (TPSA) is 50.7 Å². The van der Waals surface area contributed by atoms with E-state index in [1.807, 2.05) is 6.92 Å². The Hall–Kier alpha value is -1.01. The SMILES string of the molecule is CCO[C@@H]1C[C@H](NC[C@H](O)COCc2ccccc2F)C1(CC)CC. The zero-order valence-corrected chi connectivity index (χ0v) is 15.6. The quantitative estimate of drug-likeness (QED) is 0.641. The first kappa shape index (κ1) is 20.3. The van der Waals surface area contributed by atoms with Crippen LogP contribution in [0.3, 0.4) is 0 Å². The van der Waals surface area contributed by atoms with Crippen molar-refractivity contribution in [1.29, 1.82) is 0 Å². The maximum Gasteiger partial charge on any atom is 0.128 e. The summed E-state index contributed by atoms with van der Waals surface area (Å²) in [4.78, 5) is 0. The minimum absolute atomic E-state index is 0.157. The van der Waals surface area contributed by atoms with Crippen LogP contribution in [0.1, 0.15) is 45.6 Å². The summed E-state index contributed by atoms with van der Waals surface area (Å²) >= 11 is 0. The molecule has 0 amide bonds. The molecule has 1 fully saturated rings. The van der Waals surface area contributed by atoms with Gasteiger partial charge in [-0.3, -0.25) is 0 Å². The van der Waals surface area contributed by atoms with E-state index in [9.17, 15) is 9.50 Å². The Morgan fingerprint density at radius 3 is 2.64 bits per heavy atom. The first-order valence-electron chi connectivity index (χ1n) is 9.41. The molecule has 0 unspecified atom stereocenters. The van der Waals surface area contributed by atoms with Crippen LogP contribution in [0.15, 0.2) is 24.3 Å². The van der Waals surface area contributed by atoms with Crippen LogP contribution in [-0.4, -0.2) is 43.1 Å². The summed E-state index contributed by atoms with van der Waals surface area (Å²) in [7, 11) is 0. The van der Waals surface area contributed by atoms with E-state index < -0.39 is 6.10 Å². The molecule has 142 valence electrons. The molecule has 0 heterocycles. The van der Waals surface area contributed by atoms with Gasteiger partial charge in [-0.25, -0.2) is 4.39 Å². The summed E-state index contributed by atoms with van der Waals surface area (Å²) in [6, 6.07) is 6.90. The average Bonchev–Trinajstić information content (AvgIpc) is 2.60. The fraction of sp³-hybridized carbons (Fsp3) is 0.700. The molecule has 2 N–H and O–H groups in total. The third-order valence-electron chi connectivity index (χ3n) is 5.59. The van der Waals surface area contributed by atoms with Gasteiger partial charge in [-0.1, -0.05) is 32.0 Å². The van der Waals surface area contributed by atoms with Gasteiger partial charge < -0.3 is 19.9 Å². The van der Waals surface area contributed by atoms with Gasteiger partial charge in [-0.15, -0.1) is 0 Å². The van der Waals surface area contributed by atoms with Gasteiger partial charge in [-0.2, -0.15) is 0 Å². The number of nitrogens with one attached hydrogen (secondary N) is 1. The minimum atomic E-state index is -0.607. The van der Waals surface area contributed by atoms with Crippen LogP contribution in [0.4, 0.5) is 4.39 Å². The van der Waals surface area contributed by atoms with E-state index in [1.165, 1.54) is 6.07 Å². The molecule has 1 aliphatic rings. The maximum atomic E-state index is 13.5. The number of halogens is 1. The standard InChI is InChI=1S/C20H32FNO3/c1-4-20(5-2)18(11-19(20)25-6-3)22-12-16(23)14-24-13-15-9-7-8-10-17(15)21/h7-10,16,18-19,22-23H,4-6,11-14H2,1-3H3/t16-,18-,19+/m0/s1. The van der Waals surface area contributed by atoms with E-state index >= 15 is 0 Å². The number of hydrogen-bond donors (Lipinski definition) is 2. The van der Waals surface area contributed by atoms with Gasteiger partial charge in [0.2, 0.25) is 0 Å². The third kappa shape index (κ3) is 4.79. The zero-order chi connectivity index (χ0) is 18.3. The molecular weight excluding hydrogens is 321 g/mol. The first-order valence-corrected chi connectivity index (χ1v) is 9.41. The summed E-state index contributed by atoms with van der Waals surface area (Å²) in [6.45, 7) is 8.03. The molecule has 0 aliphatic heterocycles. The summed E-state index contributed by atoms with van der Waals surface area (Å²) in [5.74, 6) is -0.276. The molecule has 0 radical (unpaired) electrons. The van der Waals surface area contributed by atoms with Crippen LogP contribution in [0.2, 0.25) is 0 Å². The Bertz CT molecular complexity index is 521. The van der Waals surface area contributed by atoms with Gasteiger partial charge >= 0.3 is 0 Å². The number of hydrogen-bond acceptors (Lipinski definition) is 4. The third-order valence-corrected chi connectivity index (χ3v) is 5.59. The Kier molecular flexibility index (Phi) is 7.81. The van der Waals surface area contributed by atoms with Crippen LogP contribution in [-0.2, 0) is 16.1 Å². The number of ether oxygens (including phenoxy) is 2. The normalized spacial score (nSPS) is 23.2. The van der Waals surface area contributed by atoms with Crippen molar-refractivity contribution in [2.75, 3.05) is 19.8 Å². The number of benzene rings is 1. The Morgan fingerprint density at radius 2 is 2.00 bits per heavy atom. The van der Waals surface area contributed by atoms with E-state index in [1.54, 1.807) is 18.2 Å².